The van der Waals surface area contributed by atoms with Crippen molar-refractivity contribution in [3.63, 3.8) is 0 Å². The predicted octanol–water partition coefficient (Wildman–Crippen LogP) is 4.55. The maximum Gasteiger partial charge on any atom is 0.311 e. The molecule has 1 saturated carbocycles. The molecule has 1 aliphatic rings. The normalized spacial score (nSPS) is 20.2. The smallest absolute Gasteiger partial charge is 0.311 e. The Morgan fingerprint density at radius 1 is 1.04 bits per heavy atom. The van der Waals surface area contributed by atoms with E-state index in [1.165, 1.54) is 5.56 Å². The Morgan fingerprint density at radius 3 is 2.17 bits per heavy atom. The van der Waals surface area contributed by atoms with Gasteiger partial charge in [-0.3, -0.25) is 4.79 Å². The largest absolute Gasteiger partial charge is 0.481 e. The van der Waals surface area contributed by atoms with Gasteiger partial charge in [-0.05, 0) is 34.4 Å². The zero-order valence-electron chi connectivity index (χ0n) is 14.2. The standard InChI is InChI=1S/C20H24O3/c1-18(2)19(3,4)20(18,17(21)22)12-15-11-16(23-13-15)10-14-8-6-5-7-9-14/h5-9,11,13H,10,12H2,1-4H3,(H,21,22). The van der Waals surface area contributed by atoms with Gasteiger partial charge in [-0.1, -0.05) is 58.0 Å². The molecule has 1 aliphatic carbocycles. The minimum atomic E-state index is -0.728. The maximum absolute atomic E-state index is 12.0. The molecule has 0 atom stereocenters. The quantitative estimate of drug-likeness (QED) is 0.881. The molecule has 3 heteroatoms. The van der Waals surface area contributed by atoms with Crippen LogP contribution in [0.5, 0.6) is 0 Å². The molecule has 3 rings (SSSR count). The molecule has 0 radical (unpaired) electrons. The summed E-state index contributed by atoms with van der Waals surface area (Å²) < 4.78 is 5.67. The Hall–Kier alpha value is -2.03. The number of furan rings is 1. The fourth-order valence-electron chi connectivity index (χ4n) is 4.20. The summed E-state index contributed by atoms with van der Waals surface area (Å²) >= 11 is 0. The summed E-state index contributed by atoms with van der Waals surface area (Å²) in [5, 5.41) is 9.85. The zero-order valence-corrected chi connectivity index (χ0v) is 14.2. The highest BCUT2D eigenvalue weighted by atomic mass is 16.4. The van der Waals surface area contributed by atoms with Crippen LogP contribution in [0.4, 0.5) is 0 Å². The third-order valence-corrected chi connectivity index (χ3v) is 6.40. The lowest BCUT2D eigenvalue weighted by molar-refractivity contribution is -0.145. The first-order valence-electron chi connectivity index (χ1n) is 8.06. The van der Waals surface area contributed by atoms with Crippen molar-refractivity contribution in [1.29, 1.82) is 0 Å². The van der Waals surface area contributed by atoms with Crippen LogP contribution in [-0.4, -0.2) is 11.1 Å². The zero-order chi connectivity index (χ0) is 16.9. The molecule has 0 aliphatic heterocycles. The highest BCUT2D eigenvalue weighted by Gasteiger charge is 2.81. The van der Waals surface area contributed by atoms with E-state index in [2.05, 4.69) is 12.1 Å². The number of carboxylic acid groups (broad SMARTS) is 1. The summed E-state index contributed by atoms with van der Waals surface area (Å²) in [5.74, 6) is 0.168. The Morgan fingerprint density at radius 2 is 1.65 bits per heavy atom. The highest BCUT2D eigenvalue weighted by molar-refractivity contribution is 5.82. The van der Waals surface area contributed by atoms with Crippen molar-refractivity contribution >= 4 is 5.97 Å². The van der Waals surface area contributed by atoms with E-state index in [9.17, 15) is 9.90 Å². The summed E-state index contributed by atoms with van der Waals surface area (Å²) in [6.07, 6.45) is 2.96. The second kappa shape index (κ2) is 4.98. The number of carboxylic acids is 1. The lowest BCUT2D eigenvalue weighted by Gasteiger charge is -2.15. The molecule has 122 valence electrons. The number of rotatable bonds is 5. The molecule has 1 aromatic carbocycles. The van der Waals surface area contributed by atoms with Crippen LogP contribution in [0.2, 0.25) is 0 Å². The van der Waals surface area contributed by atoms with Crippen molar-refractivity contribution in [3.8, 4) is 0 Å². The molecule has 0 bridgehead atoms. The van der Waals surface area contributed by atoms with Crippen LogP contribution in [-0.2, 0) is 17.6 Å². The van der Waals surface area contributed by atoms with Crippen molar-refractivity contribution in [1.82, 2.24) is 0 Å². The van der Waals surface area contributed by atoms with Gasteiger partial charge in [0.25, 0.3) is 0 Å². The van der Waals surface area contributed by atoms with E-state index < -0.39 is 11.4 Å². The SMILES string of the molecule is CC1(C)C(C)(C)C1(Cc1coc(Cc2ccccc2)c1)C(=O)O. The molecule has 1 aromatic heterocycles. The van der Waals surface area contributed by atoms with Crippen LogP contribution in [0.1, 0.15) is 44.6 Å². The van der Waals surface area contributed by atoms with E-state index in [1.54, 1.807) is 6.26 Å². The van der Waals surface area contributed by atoms with E-state index in [0.29, 0.717) is 6.42 Å². The van der Waals surface area contributed by atoms with Crippen LogP contribution in [0.15, 0.2) is 47.1 Å². The first-order chi connectivity index (χ1) is 10.7. The van der Waals surface area contributed by atoms with Crippen LogP contribution in [0, 0.1) is 16.2 Å². The van der Waals surface area contributed by atoms with Crippen molar-refractivity contribution in [3.05, 3.63) is 59.5 Å². The summed E-state index contributed by atoms with van der Waals surface area (Å²) in [7, 11) is 0. The van der Waals surface area contributed by atoms with Gasteiger partial charge in [0.1, 0.15) is 5.76 Å². The van der Waals surface area contributed by atoms with Crippen LogP contribution in [0.3, 0.4) is 0 Å². The minimum absolute atomic E-state index is 0.233. The Balaban J connectivity index is 1.81. The van der Waals surface area contributed by atoms with Crippen molar-refractivity contribution in [2.75, 3.05) is 0 Å². The van der Waals surface area contributed by atoms with E-state index in [4.69, 9.17) is 4.42 Å². The van der Waals surface area contributed by atoms with E-state index in [-0.39, 0.29) is 10.8 Å². The minimum Gasteiger partial charge on any atom is -0.481 e. The number of benzene rings is 1. The van der Waals surface area contributed by atoms with Gasteiger partial charge >= 0.3 is 5.97 Å². The van der Waals surface area contributed by atoms with Crippen molar-refractivity contribution < 1.29 is 14.3 Å². The number of carbonyl (C=O) groups is 1. The average molecular weight is 312 g/mol. The van der Waals surface area contributed by atoms with Crippen molar-refractivity contribution in [2.24, 2.45) is 16.2 Å². The predicted molar refractivity (Wildman–Crippen MR) is 89.3 cm³/mol. The fraction of sp³-hybridized carbons (Fsp3) is 0.450. The summed E-state index contributed by atoms with van der Waals surface area (Å²) in [4.78, 5) is 12.0. The van der Waals surface area contributed by atoms with E-state index >= 15 is 0 Å². The first kappa shape index (κ1) is 15.9. The number of hydrogen-bond donors (Lipinski definition) is 1. The second-order valence-corrected chi connectivity index (χ2v) is 7.72. The number of hydrogen-bond acceptors (Lipinski definition) is 2. The van der Waals surface area contributed by atoms with E-state index in [0.717, 1.165) is 17.7 Å². The monoisotopic (exact) mass is 312 g/mol. The molecular weight excluding hydrogens is 288 g/mol. The third kappa shape index (κ3) is 2.13. The molecule has 0 spiro atoms. The highest BCUT2D eigenvalue weighted by Crippen LogP contribution is 2.78. The van der Waals surface area contributed by atoms with Gasteiger partial charge in [0.15, 0.2) is 0 Å². The molecular formula is C20H24O3. The molecule has 0 saturated heterocycles. The van der Waals surface area contributed by atoms with Crippen molar-refractivity contribution in [2.45, 2.75) is 40.5 Å². The van der Waals surface area contributed by atoms with Crippen LogP contribution < -0.4 is 0 Å². The Bertz CT molecular complexity index is 708. The van der Waals surface area contributed by atoms with Gasteiger partial charge in [0.2, 0.25) is 0 Å². The third-order valence-electron chi connectivity index (χ3n) is 6.40. The van der Waals surface area contributed by atoms with Gasteiger partial charge < -0.3 is 9.52 Å². The van der Waals surface area contributed by atoms with Gasteiger partial charge in [0.05, 0.1) is 11.7 Å². The summed E-state index contributed by atoms with van der Waals surface area (Å²) in [5.41, 5.74) is 0.963. The molecule has 0 unspecified atom stereocenters. The Labute approximate surface area is 137 Å². The van der Waals surface area contributed by atoms with Gasteiger partial charge in [-0.25, -0.2) is 0 Å². The van der Waals surface area contributed by atoms with Gasteiger partial charge in [-0.15, -0.1) is 0 Å². The lowest BCUT2D eigenvalue weighted by Crippen LogP contribution is -2.25. The van der Waals surface area contributed by atoms with Crippen LogP contribution >= 0.6 is 0 Å². The summed E-state index contributed by atoms with van der Waals surface area (Å²) in [6, 6.07) is 12.1. The molecule has 0 amide bonds. The molecule has 1 fully saturated rings. The maximum atomic E-state index is 12.0. The molecule has 2 aromatic rings. The second-order valence-electron chi connectivity index (χ2n) is 7.72. The molecule has 1 N–H and O–H groups in total. The molecule has 3 nitrogen and oxygen atoms in total. The van der Waals surface area contributed by atoms with Gasteiger partial charge in [0, 0.05) is 6.42 Å². The Kier molecular flexibility index (Phi) is 3.44. The van der Waals surface area contributed by atoms with E-state index in [1.807, 2.05) is 52.0 Å². The van der Waals surface area contributed by atoms with Gasteiger partial charge in [-0.2, -0.15) is 0 Å². The number of aliphatic carboxylic acids is 1. The molecule has 23 heavy (non-hydrogen) atoms. The first-order valence-corrected chi connectivity index (χ1v) is 8.06. The fourth-order valence-corrected chi connectivity index (χ4v) is 4.20. The van der Waals surface area contributed by atoms with Crippen LogP contribution in [0.25, 0.3) is 0 Å². The topological polar surface area (TPSA) is 50.4 Å². The lowest BCUT2D eigenvalue weighted by atomic mass is 9.88. The molecule has 1 heterocycles. The summed E-state index contributed by atoms with van der Waals surface area (Å²) in [6.45, 7) is 8.19. The average Bonchev–Trinajstić information content (AvgIpc) is 2.81.